The summed E-state index contributed by atoms with van der Waals surface area (Å²) >= 11 is 0. The van der Waals surface area contributed by atoms with Crippen molar-refractivity contribution in [3.05, 3.63) is 65.7 Å². The first-order chi connectivity index (χ1) is 18.5. The van der Waals surface area contributed by atoms with E-state index in [9.17, 15) is 9.90 Å². The smallest absolute Gasteiger partial charge is 0.335 e. The highest BCUT2D eigenvalue weighted by atomic mass is 16.5. The van der Waals surface area contributed by atoms with Gasteiger partial charge in [-0.15, -0.1) is 0 Å². The minimum atomic E-state index is -0.933. The molecule has 1 N–H and O–H groups in total. The molecule has 2 aliphatic rings. The largest absolute Gasteiger partial charge is 0.478 e. The van der Waals surface area contributed by atoms with Crippen LogP contribution in [0.4, 0.5) is 5.82 Å². The summed E-state index contributed by atoms with van der Waals surface area (Å²) in [6.45, 7) is 6.00. The SMILES string of the molecule is Cn1cc(COc2cccc(N3CCN(Cc4nc5ccc(C(=O)O)cc5n4C[C@@H]4CCO4)CC3)n2)cn1. The maximum Gasteiger partial charge on any atom is 0.335 e. The van der Waals surface area contributed by atoms with Crippen LogP contribution in [0.25, 0.3) is 11.0 Å². The van der Waals surface area contributed by atoms with E-state index >= 15 is 0 Å². The number of ether oxygens (including phenoxy) is 2. The molecule has 2 saturated heterocycles. The van der Waals surface area contributed by atoms with Gasteiger partial charge in [0.05, 0.1) is 42.0 Å². The summed E-state index contributed by atoms with van der Waals surface area (Å²) in [6.07, 6.45) is 4.88. The number of aryl methyl sites for hydroxylation is 1. The van der Waals surface area contributed by atoms with E-state index in [-0.39, 0.29) is 11.7 Å². The molecule has 0 spiro atoms. The van der Waals surface area contributed by atoms with Gasteiger partial charge < -0.3 is 24.0 Å². The van der Waals surface area contributed by atoms with Crippen molar-refractivity contribution in [2.45, 2.75) is 32.2 Å². The number of piperazine rings is 1. The molecule has 4 aromatic rings. The predicted octanol–water partition coefficient (Wildman–Crippen LogP) is 2.55. The van der Waals surface area contributed by atoms with E-state index in [2.05, 4.69) is 19.5 Å². The average Bonchev–Trinajstić information content (AvgIpc) is 3.47. The van der Waals surface area contributed by atoms with Crippen LogP contribution in [-0.4, -0.2) is 79.2 Å². The second kappa shape index (κ2) is 10.4. The number of benzene rings is 1. The minimum absolute atomic E-state index is 0.148. The van der Waals surface area contributed by atoms with E-state index in [1.54, 1.807) is 29.1 Å². The predicted molar refractivity (Wildman–Crippen MR) is 140 cm³/mol. The van der Waals surface area contributed by atoms with Gasteiger partial charge in [0.25, 0.3) is 0 Å². The van der Waals surface area contributed by atoms with Gasteiger partial charge in [0.2, 0.25) is 5.88 Å². The van der Waals surface area contributed by atoms with E-state index in [0.29, 0.717) is 25.6 Å². The highest BCUT2D eigenvalue weighted by molar-refractivity contribution is 5.92. The zero-order chi connectivity index (χ0) is 26.1. The molecule has 0 radical (unpaired) electrons. The van der Waals surface area contributed by atoms with Crippen LogP contribution in [0.2, 0.25) is 0 Å². The molecule has 3 aromatic heterocycles. The molecular formula is C27H31N7O4. The van der Waals surface area contributed by atoms with E-state index in [1.807, 2.05) is 31.4 Å². The third-order valence-corrected chi connectivity index (χ3v) is 7.17. The van der Waals surface area contributed by atoms with Gasteiger partial charge >= 0.3 is 5.97 Å². The molecule has 0 bridgehead atoms. The monoisotopic (exact) mass is 517 g/mol. The first-order valence-electron chi connectivity index (χ1n) is 12.9. The molecule has 6 rings (SSSR count). The number of carboxylic acids is 1. The number of pyridine rings is 1. The maximum atomic E-state index is 11.6. The number of aromatic nitrogens is 5. The summed E-state index contributed by atoms with van der Waals surface area (Å²) in [5, 5.41) is 13.7. The summed E-state index contributed by atoms with van der Waals surface area (Å²) in [5.74, 6) is 1.51. The number of carbonyl (C=O) groups is 1. The van der Waals surface area contributed by atoms with Crippen molar-refractivity contribution in [3.63, 3.8) is 0 Å². The van der Waals surface area contributed by atoms with Crippen LogP contribution in [-0.2, 0) is 31.5 Å². The highest BCUT2D eigenvalue weighted by Crippen LogP contribution is 2.24. The van der Waals surface area contributed by atoms with Gasteiger partial charge in [-0.2, -0.15) is 10.1 Å². The molecule has 0 amide bonds. The molecule has 0 unspecified atom stereocenters. The Balaban J connectivity index is 1.11. The lowest BCUT2D eigenvalue weighted by molar-refractivity contribution is -0.0592. The first-order valence-corrected chi connectivity index (χ1v) is 12.9. The number of aromatic carboxylic acids is 1. The van der Waals surface area contributed by atoms with Crippen molar-refractivity contribution in [1.82, 2.24) is 29.2 Å². The van der Waals surface area contributed by atoms with Gasteiger partial charge in [0.15, 0.2) is 0 Å². The van der Waals surface area contributed by atoms with Crippen molar-refractivity contribution in [1.29, 1.82) is 0 Å². The molecule has 1 atom stereocenters. The van der Waals surface area contributed by atoms with Gasteiger partial charge in [0, 0.05) is 57.7 Å². The zero-order valence-corrected chi connectivity index (χ0v) is 21.4. The Morgan fingerprint density at radius 2 is 2.00 bits per heavy atom. The number of fused-ring (bicyclic) bond motifs is 1. The lowest BCUT2D eigenvalue weighted by Crippen LogP contribution is -2.46. The Labute approximate surface area is 220 Å². The molecule has 198 valence electrons. The van der Waals surface area contributed by atoms with Crippen molar-refractivity contribution in [2.24, 2.45) is 7.05 Å². The summed E-state index contributed by atoms with van der Waals surface area (Å²) in [5.41, 5.74) is 2.94. The van der Waals surface area contributed by atoms with Crippen LogP contribution < -0.4 is 9.64 Å². The van der Waals surface area contributed by atoms with Gasteiger partial charge in [0.1, 0.15) is 18.2 Å². The molecule has 11 nitrogen and oxygen atoms in total. The Hall–Kier alpha value is -3.96. The number of hydrogen-bond donors (Lipinski definition) is 1. The standard InChI is InChI=1S/C27H31N7O4/c1-31-15-19(14-28-31)18-38-26-4-2-3-24(30-26)33-10-8-32(9-11-33)17-25-29-22-6-5-20(27(35)36)13-23(22)34(25)16-21-7-12-37-21/h2-6,13-15,21H,7-12,16-18H2,1H3,(H,35,36)/t21-/m0/s1. The van der Waals surface area contributed by atoms with Crippen LogP contribution in [0.1, 0.15) is 28.2 Å². The fourth-order valence-corrected chi connectivity index (χ4v) is 4.96. The molecule has 2 fully saturated rings. The van der Waals surface area contributed by atoms with Crippen molar-refractivity contribution in [3.8, 4) is 5.88 Å². The third kappa shape index (κ3) is 5.20. The number of rotatable bonds is 9. The minimum Gasteiger partial charge on any atom is -0.478 e. The quantitative estimate of drug-likeness (QED) is 0.358. The molecule has 1 aromatic carbocycles. The van der Waals surface area contributed by atoms with E-state index in [4.69, 9.17) is 19.4 Å². The van der Waals surface area contributed by atoms with Crippen molar-refractivity contribution < 1.29 is 19.4 Å². The molecule has 5 heterocycles. The average molecular weight is 518 g/mol. The van der Waals surface area contributed by atoms with Gasteiger partial charge in [-0.25, -0.2) is 9.78 Å². The summed E-state index contributed by atoms with van der Waals surface area (Å²) < 4.78 is 15.5. The number of hydrogen-bond acceptors (Lipinski definition) is 8. The second-order valence-electron chi connectivity index (χ2n) is 9.84. The van der Waals surface area contributed by atoms with Gasteiger partial charge in [-0.1, -0.05) is 6.07 Å². The van der Waals surface area contributed by atoms with Crippen LogP contribution >= 0.6 is 0 Å². The van der Waals surface area contributed by atoms with Crippen LogP contribution in [0, 0.1) is 0 Å². The molecule has 38 heavy (non-hydrogen) atoms. The molecular weight excluding hydrogens is 486 g/mol. The molecule has 0 saturated carbocycles. The summed E-state index contributed by atoms with van der Waals surface area (Å²) in [6, 6.07) is 11.0. The van der Waals surface area contributed by atoms with Crippen LogP contribution in [0.15, 0.2) is 48.8 Å². The highest BCUT2D eigenvalue weighted by Gasteiger charge is 2.25. The Morgan fingerprint density at radius 3 is 2.71 bits per heavy atom. The number of carboxylic acid groups (broad SMARTS) is 1. The van der Waals surface area contributed by atoms with E-state index in [0.717, 1.165) is 67.4 Å². The van der Waals surface area contributed by atoms with Crippen LogP contribution in [0.3, 0.4) is 0 Å². The summed E-state index contributed by atoms with van der Waals surface area (Å²) in [4.78, 5) is 25.8. The van der Waals surface area contributed by atoms with Crippen molar-refractivity contribution >= 4 is 22.8 Å². The van der Waals surface area contributed by atoms with E-state index < -0.39 is 5.97 Å². The number of imidazole rings is 1. The number of anilines is 1. The maximum absolute atomic E-state index is 11.6. The first kappa shape index (κ1) is 24.4. The normalized spacial score (nSPS) is 18.0. The summed E-state index contributed by atoms with van der Waals surface area (Å²) in [7, 11) is 1.88. The lowest BCUT2D eigenvalue weighted by Gasteiger charge is -2.35. The van der Waals surface area contributed by atoms with Gasteiger partial charge in [-0.05, 0) is 30.7 Å². The molecule has 11 heteroatoms. The zero-order valence-electron chi connectivity index (χ0n) is 21.4. The Morgan fingerprint density at radius 1 is 1.16 bits per heavy atom. The number of nitrogens with zero attached hydrogens (tertiary/aromatic N) is 7. The molecule has 2 aliphatic heterocycles. The second-order valence-corrected chi connectivity index (χ2v) is 9.84. The topological polar surface area (TPSA) is 111 Å². The van der Waals surface area contributed by atoms with Gasteiger partial charge in [-0.3, -0.25) is 9.58 Å². The van der Waals surface area contributed by atoms with Crippen LogP contribution in [0.5, 0.6) is 5.88 Å². The fraction of sp³-hybridized carbons (Fsp3) is 0.407. The Kier molecular flexibility index (Phi) is 6.69. The Bertz CT molecular complexity index is 1440. The molecule has 0 aliphatic carbocycles. The third-order valence-electron chi connectivity index (χ3n) is 7.17. The lowest BCUT2D eigenvalue weighted by atomic mass is 10.1. The fourth-order valence-electron chi connectivity index (χ4n) is 4.96. The van der Waals surface area contributed by atoms with E-state index in [1.165, 1.54) is 0 Å². The van der Waals surface area contributed by atoms with Crippen molar-refractivity contribution in [2.75, 3.05) is 37.7 Å².